The summed E-state index contributed by atoms with van der Waals surface area (Å²) in [4.78, 5) is 0. The van der Waals surface area contributed by atoms with Crippen LogP contribution < -0.4 is 0 Å². The maximum absolute atomic E-state index is 5.71. The lowest BCUT2D eigenvalue weighted by molar-refractivity contribution is -0.0575. The van der Waals surface area contributed by atoms with E-state index in [4.69, 9.17) is 14.2 Å². The van der Waals surface area contributed by atoms with Gasteiger partial charge in [0.15, 0.2) is 0 Å². The molecule has 0 fully saturated rings. The molecule has 0 radical (unpaired) electrons. The van der Waals surface area contributed by atoms with Gasteiger partial charge < -0.3 is 14.2 Å². The van der Waals surface area contributed by atoms with E-state index in [1.165, 1.54) is 25.7 Å². The molecule has 0 aromatic heterocycles. The van der Waals surface area contributed by atoms with E-state index in [-0.39, 0.29) is 12.2 Å². The average molecular weight is 274 g/mol. The van der Waals surface area contributed by atoms with Crippen LogP contribution in [0, 0.1) is 0 Å². The summed E-state index contributed by atoms with van der Waals surface area (Å²) in [6.07, 6.45) is 7.65. The van der Waals surface area contributed by atoms with Crippen molar-refractivity contribution in [2.24, 2.45) is 0 Å². The molecule has 0 N–H and O–H groups in total. The van der Waals surface area contributed by atoms with Crippen molar-refractivity contribution in [1.82, 2.24) is 0 Å². The molecule has 2 atom stereocenters. The fourth-order valence-electron chi connectivity index (χ4n) is 1.71. The van der Waals surface area contributed by atoms with E-state index in [0.29, 0.717) is 13.2 Å². The molecular weight excluding hydrogens is 240 g/mol. The lowest BCUT2D eigenvalue weighted by Gasteiger charge is -2.17. The standard InChI is InChI=1S/C16H34O3/c1-5-7-9-10-11-17-13-15(3)19-14-16(4)18-12-8-6-2/h15-16H,5-14H2,1-4H3. The first-order valence-electron chi connectivity index (χ1n) is 8.01. The minimum Gasteiger partial charge on any atom is -0.379 e. The molecule has 3 heteroatoms. The van der Waals surface area contributed by atoms with Gasteiger partial charge in [0.05, 0.1) is 25.4 Å². The molecule has 0 aliphatic heterocycles. The Labute approximate surface area is 120 Å². The maximum Gasteiger partial charge on any atom is 0.0781 e. The van der Waals surface area contributed by atoms with Gasteiger partial charge in [-0.05, 0) is 26.7 Å². The quantitative estimate of drug-likeness (QED) is 0.444. The zero-order valence-corrected chi connectivity index (χ0v) is 13.5. The highest BCUT2D eigenvalue weighted by molar-refractivity contribution is 4.53. The summed E-state index contributed by atoms with van der Waals surface area (Å²) >= 11 is 0. The van der Waals surface area contributed by atoms with E-state index in [1.807, 2.05) is 0 Å². The van der Waals surface area contributed by atoms with E-state index in [9.17, 15) is 0 Å². The molecule has 0 aromatic rings. The third-order valence-electron chi connectivity index (χ3n) is 3.01. The van der Waals surface area contributed by atoms with Crippen LogP contribution >= 0.6 is 0 Å². The molecule has 0 bridgehead atoms. The van der Waals surface area contributed by atoms with E-state index in [1.54, 1.807) is 0 Å². The van der Waals surface area contributed by atoms with Crippen LogP contribution in [0.5, 0.6) is 0 Å². The molecule has 0 aliphatic rings. The first-order valence-corrected chi connectivity index (χ1v) is 8.01. The van der Waals surface area contributed by atoms with Crippen LogP contribution in [-0.4, -0.2) is 38.6 Å². The van der Waals surface area contributed by atoms with Crippen molar-refractivity contribution in [3.05, 3.63) is 0 Å². The second-order valence-corrected chi connectivity index (χ2v) is 5.31. The van der Waals surface area contributed by atoms with Crippen molar-refractivity contribution in [1.29, 1.82) is 0 Å². The van der Waals surface area contributed by atoms with Crippen LogP contribution in [0.25, 0.3) is 0 Å². The lowest BCUT2D eigenvalue weighted by atomic mass is 10.2. The molecule has 0 spiro atoms. The smallest absolute Gasteiger partial charge is 0.0781 e. The summed E-state index contributed by atoms with van der Waals surface area (Å²) in [5.41, 5.74) is 0. The van der Waals surface area contributed by atoms with Gasteiger partial charge in [-0.3, -0.25) is 0 Å². The fraction of sp³-hybridized carbons (Fsp3) is 1.00. The maximum atomic E-state index is 5.71. The first-order chi connectivity index (χ1) is 9.20. The van der Waals surface area contributed by atoms with Gasteiger partial charge in [0.2, 0.25) is 0 Å². The summed E-state index contributed by atoms with van der Waals surface area (Å²) in [5.74, 6) is 0. The van der Waals surface area contributed by atoms with Crippen LogP contribution in [0.3, 0.4) is 0 Å². The molecule has 0 heterocycles. The highest BCUT2D eigenvalue weighted by Crippen LogP contribution is 2.02. The molecule has 0 rings (SSSR count). The molecular formula is C16H34O3. The SMILES string of the molecule is CCCCCCOCC(C)OCC(C)OCCCC. The van der Waals surface area contributed by atoms with Gasteiger partial charge in [0, 0.05) is 13.2 Å². The Kier molecular flexibility index (Phi) is 14.2. The average Bonchev–Trinajstić information content (AvgIpc) is 2.40. The summed E-state index contributed by atoms with van der Waals surface area (Å²) in [6.45, 7) is 11.6. The molecule has 2 unspecified atom stereocenters. The van der Waals surface area contributed by atoms with Gasteiger partial charge in [-0.15, -0.1) is 0 Å². The van der Waals surface area contributed by atoms with Crippen molar-refractivity contribution in [2.45, 2.75) is 78.4 Å². The van der Waals surface area contributed by atoms with Gasteiger partial charge >= 0.3 is 0 Å². The van der Waals surface area contributed by atoms with Gasteiger partial charge in [0.1, 0.15) is 0 Å². The van der Waals surface area contributed by atoms with Crippen molar-refractivity contribution in [2.75, 3.05) is 26.4 Å². The number of rotatable bonds is 14. The van der Waals surface area contributed by atoms with Gasteiger partial charge in [-0.2, -0.15) is 0 Å². The fourth-order valence-corrected chi connectivity index (χ4v) is 1.71. The third-order valence-corrected chi connectivity index (χ3v) is 3.01. The summed E-state index contributed by atoms with van der Waals surface area (Å²) in [7, 11) is 0. The number of hydrogen-bond donors (Lipinski definition) is 0. The Balaban J connectivity index is 3.30. The molecule has 0 saturated carbocycles. The van der Waals surface area contributed by atoms with Crippen LogP contribution in [0.15, 0.2) is 0 Å². The molecule has 0 saturated heterocycles. The van der Waals surface area contributed by atoms with Crippen molar-refractivity contribution < 1.29 is 14.2 Å². The molecule has 0 aliphatic carbocycles. The van der Waals surface area contributed by atoms with Crippen LogP contribution in [0.4, 0.5) is 0 Å². The summed E-state index contributed by atoms with van der Waals surface area (Å²) in [5, 5.41) is 0. The van der Waals surface area contributed by atoms with Gasteiger partial charge in [-0.1, -0.05) is 39.5 Å². The number of ether oxygens (including phenoxy) is 3. The van der Waals surface area contributed by atoms with E-state index in [2.05, 4.69) is 27.7 Å². The highest BCUT2D eigenvalue weighted by atomic mass is 16.6. The molecule has 19 heavy (non-hydrogen) atoms. The van der Waals surface area contributed by atoms with E-state index in [0.717, 1.165) is 26.1 Å². The second kappa shape index (κ2) is 14.3. The molecule has 3 nitrogen and oxygen atoms in total. The Morgan fingerprint density at radius 1 is 0.684 bits per heavy atom. The monoisotopic (exact) mass is 274 g/mol. The predicted octanol–water partition coefficient (Wildman–Crippen LogP) is 4.19. The zero-order chi connectivity index (χ0) is 14.3. The number of hydrogen-bond acceptors (Lipinski definition) is 3. The minimum atomic E-state index is 0.156. The predicted molar refractivity (Wildman–Crippen MR) is 80.7 cm³/mol. The van der Waals surface area contributed by atoms with Crippen molar-refractivity contribution in [3.8, 4) is 0 Å². The zero-order valence-electron chi connectivity index (χ0n) is 13.5. The normalized spacial score (nSPS) is 14.5. The minimum absolute atomic E-state index is 0.156. The molecule has 0 aromatic carbocycles. The Hall–Kier alpha value is -0.120. The van der Waals surface area contributed by atoms with Crippen molar-refractivity contribution in [3.63, 3.8) is 0 Å². The highest BCUT2D eigenvalue weighted by Gasteiger charge is 2.07. The van der Waals surface area contributed by atoms with Gasteiger partial charge in [0.25, 0.3) is 0 Å². The van der Waals surface area contributed by atoms with Gasteiger partial charge in [-0.25, -0.2) is 0 Å². The number of unbranched alkanes of at least 4 members (excludes halogenated alkanes) is 4. The first kappa shape index (κ1) is 18.9. The Morgan fingerprint density at radius 3 is 2.05 bits per heavy atom. The molecule has 0 amide bonds. The van der Waals surface area contributed by atoms with Crippen LogP contribution in [-0.2, 0) is 14.2 Å². The Morgan fingerprint density at radius 2 is 1.37 bits per heavy atom. The topological polar surface area (TPSA) is 27.7 Å². The van der Waals surface area contributed by atoms with E-state index >= 15 is 0 Å². The second-order valence-electron chi connectivity index (χ2n) is 5.31. The van der Waals surface area contributed by atoms with Crippen LogP contribution in [0.2, 0.25) is 0 Å². The molecule has 116 valence electrons. The van der Waals surface area contributed by atoms with Crippen LogP contribution in [0.1, 0.15) is 66.2 Å². The largest absolute Gasteiger partial charge is 0.379 e. The van der Waals surface area contributed by atoms with Crippen molar-refractivity contribution >= 4 is 0 Å². The summed E-state index contributed by atoms with van der Waals surface area (Å²) < 4.78 is 17.0. The lowest BCUT2D eigenvalue weighted by Crippen LogP contribution is -2.23. The summed E-state index contributed by atoms with van der Waals surface area (Å²) in [6, 6.07) is 0. The third kappa shape index (κ3) is 14.1. The Bertz CT molecular complexity index is 173. The van der Waals surface area contributed by atoms with E-state index < -0.39 is 0 Å².